The van der Waals surface area contributed by atoms with E-state index in [4.69, 9.17) is 14.2 Å². The fourth-order valence-corrected chi connectivity index (χ4v) is 2.44. The molecule has 1 atom stereocenters. The number of benzene rings is 1. The summed E-state index contributed by atoms with van der Waals surface area (Å²) in [6.45, 7) is 2.50. The molecule has 0 aliphatic heterocycles. The van der Waals surface area contributed by atoms with E-state index in [1.54, 1.807) is 33.5 Å². The summed E-state index contributed by atoms with van der Waals surface area (Å²) in [5.74, 6) is 1.01. The van der Waals surface area contributed by atoms with Crippen molar-refractivity contribution < 1.29 is 19.0 Å². The molecular weight excluding hydrogens is 373 g/mol. The van der Waals surface area contributed by atoms with Crippen LogP contribution >= 0.6 is 22.6 Å². The average Bonchev–Trinajstić information content (AvgIpc) is 2.46. The Morgan fingerprint density at radius 1 is 1.25 bits per heavy atom. The average molecular weight is 393 g/mol. The second-order valence-electron chi connectivity index (χ2n) is 4.22. The van der Waals surface area contributed by atoms with E-state index in [0.29, 0.717) is 23.7 Å². The highest BCUT2D eigenvalue weighted by Crippen LogP contribution is 2.31. The van der Waals surface area contributed by atoms with E-state index in [2.05, 4.69) is 27.9 Å². The lowest BCUT2D eigenvalue weighted by molar-refractivity contribution is 0.0893. The lowest BCUT2D eigenvalue weighted by Gasteiger charge is -2.17. The maximum absolute atomic E-state index is 12.3. The summed E-state index contributed by atoms with van der Waals surface area (Å²) in [4.78, 5) is 12.3. The van der Waals surface area contributed by atoms with E-state index >= 15 is 0 Å². The smallest absolute Gasteiger partial charge is 0.252 e. The number of hydrogen-bond acceptors (Lipinski definition) is 4. The summed E-state index contributed by atoms with van der Waals surface area (Å²) in [6.07, 6.45) is 0.809. The molecule has 1 unspecified atom stereocenters. The Balaban J connectivity index is 2.97. The standard InChI is InChI=1S/C14H20INO4/c1-5-9(8-18-2)16-14(17)10-6-12(19-3)13(20-4)7-11(10)15/h6-7,9H,5,8H2,1-4H3,(H,16,17). The lowest BCUT2D eigenvalue weighted by atomic mass is 10.1. The molecule has 0 radical (unpaired) electrons. The van der Waals surface area contributed by atoms with E-state index in [0.717, 1.165) is 9.99 Å². The van der Waals surface area contributed by atoms with Gasteiger partial charge in [-0.2, -0.15) is 0 Å². The van der Waals surface area contributed by atoms with Crippen molar-refractivity contribution in [2.24, 2.45) is 0 Å². The normalized spacial score (nSPS) is 11.8. The molecule has 1 amide bonds. The second-order valence-corrected chi connectivity index (χ2v) is 5.38. The van der Waals surface area contributed by atoms with E-state index in [9.17, 15) is 4.79 Å². The van der Waals surface area contributed by atoms with E-state index in [-0.39, 0.29) is 11.9 Å². The maximum atomic E-state index is 12.3. The Morgan fingerprint density at radius 2 is 1.85 bits per heavy atom. The first kappa shape index (κ1) is 17.0. The quantitative estimate of drug-likeness (QED) is 0.724. The van der Waals surface area contributed by atoms with Gasteiger partial charge in [-0.1, -0.05) is 6.92 Å². The zero-order valence-electron chi connectivity index (χ0n) is 12.2. The predicted molar refractivity (Wildman–Crippen MR) is 85.7 cm³/mol. The van der Waals surface area contributed by atoms with Crippen LogP contribution in [0.1, 0.15) is 23.7 Å². The van der Waals surface area contributed by atoms with Crippen molar-refractivity contribution in [1.82, 2.24) is 5.32 Å². The lowest BCUT2D eigenvalue weighted by Crippen LogP contribution is -2.37. The molecule has 0 bridgehead atoms. The molecule has 6 heteroatoms. The van der Waals surface area contributed by atoms with Crippen LogP contribution in [0.4, 0.5) is 0 Å². The maximum Gasteiger partial charge on any atom is 0.252 e. The molecule has 0 spiro atoms. The molecule has 1 N–H and O–H groups in total. The SMILES string of the molecule is CCC(COC)NC(=O)c1cc(OC)c(OC)cc1I. The summed E-state index contributed by atoms with van der Waals surface area (Å²) in [7, 11) is 4.74. The van der Waals surface area contributed by atoms with Crippen LogP contribution in [0.5, 0.6) is 11.5 Å². The van der Waals surface area contributed by atoms with Crippen LogP contribution in [0.2, 0.25) is 0 Å². The first-order valence-electron chi connectivity index (χ1n) is 6.28. The van der Waals surface area contributed by atoms with Gasteiger partial charge in [-0.25, -0.2) is 0 Å². The van der Waals surface area contributed by atoms with Crippen molar-refractivity contribution in [3.63, 3.8) is 0 Å². The van der Waals surface area contributed by atoms with Gasteiger partial charge in [0.25, 0.3) is 5.91 Å². The monoisotopic (exact) mass is 393 g/mol. The van der Waals surface area contributed by atoms with Gasteiger partial charge in [0.2, 0.25) is 0 Å². The van der Waals surface area contributed by atoms with Gasteiger partial charge in [-0.15, -0.1) is 0 Å². The highest BCUT2D eigenvalue weighted by atomic mass is 127. The fourth-order valence-electron chi connectivity index (χ4n) is 1.75. The van der Waals surface area contributed by atoms with Crippen molar-refractivity contribution >= 4 is 28.5 Å². The molecule has 0 saturated carbocycles. The molecule has 0 saturated heterocycles. The third-order valence-electron chi connectivity index (χ3n) is 2.91. The minimum atomic E-state index is -0.140. The van der Waals surface area contributed by atoms with Crippen molar-refractivity contribution in [1.29, 1.82) is 0 Å². The zero-order valence-corrected chi connectivity index (χ0v) is 14.3. The van der Waals surface area contributed by atoms with Gasteiger partial charge in [0.1, 0.15) is 0 Å². The Labute approximate surface area is 133 Å². The Hall–Kier alpha value is -1.02. The first-order chi connectivity index (χ1) is 9.57. The summed E-state index contributed by atoms with van der Waals surface area (Å²) >= 11 is 2.11. The Morgan fingerprint density at radius 3 is 2.35 bits per heavy atom. The molecule has 1 rings (SSSR count). The Kier molecular flexibility index (Phi) is 7.08. The van der Waals surface area contributed by atoms with Crippen molar-refractivity contribution in [2.45, 2.75) is 19.4 Å². The number of methoxy groups -OCH3 is 3. The molecule has 0 aromatic heterocycles. The Bertz CT molecular complexity index is 465. The van der Waals surface area contributed by atoms with E-state index in [1.165, 1.54) is 0 Å². The van der Waals surface area contributed by atoms with E-state index in [1.807, 2.05) is 6.92 Å². The largest absolute Gasteiger partial charge is 0.493 e. The van der Waals surface area contributed by atoms with Gasteiger partial charge in [0.15, 0.2) is 11.5 Å². The zero-order chi connectivity index (χ0) is 15.1. The number of nitrogens with one attached hydrogen (secondary N) is 1. The predicted octanol–water partition coefficient (Wildman–Crippen LogP) is 2.46. The van der Waals surface area contributed by atoms with Crippen LogP contribution in [0.25, 0.3) is 0 Å². The number of amides is 1. The van der Waals surface area contributed by atoms with Crippen LogP contribution < -0.4 is 14.8 Å². The minimum absolute atomic E-state index is 0.00334. The molecule has 20 heavy (non-hydrogen) atoms. The van der Waals surface area contributed by atoms with Gasteiger partial charge in [0.05, 0.1) is 32.4 Å². The number of carbonyl (C=O) groups excluding carboxylic acids is 1. The highest BCUT2D eigenvalue weighted by Gasteiger charge is 2.18. The van der Waals surface area contributed by atoms with Crippen molar-refractivity contribution in [3.05, 3.63) is 21.3 Å². The summed E-state index contributed by atoms with van der Waals surface area (Å²) in [5, 5.41) is 2.95. The third kappa shape index (κ3) is 4.24. The highest BCUT2D eigenvalue weighted by molar-refractivity contribution is 14.1. The van der Waals surface area contributed by atoms with Gasteiger partial charge in [0, 0.05) is 10.7 Å². The molecule has 5 nitrogen and oxygen atoms in total. The first-order valence-corrected chi connectivity index (χ1v) is 7.36. The summed E-state index contributed by atoms with van der Waals surface area (Å²) < 4.78 is 16.3. The van der Waals surface area contributed by atoms with E-state index < -0.39 is 0 Å². The van der Waals surface area contributed by atoms with Crippen LogP contribution in [-0.4, -0.2) is 39.9 Å². The summed E-state index contributed by atoms with van der Waals surface area (Å²) in [5.41, 5.74) is 0.567. The van der Waals surface area contributed by atoms with Crippen LogP contribution in [0, 0.1) is 3.57 Å². The molecular formula is C14H20INO4. The number of ether oxygens (including phenoxy) is 3. The van der Waals surface area contributed by atoms with Gasteiger partial charge in [-0.3, -0.25) is 4.79 Å². The summed E-state index contributed by atoms with van der Waals surface area (Å²) in [6, 6.07) is 3.47. The number of rotatable bonds is 7. The minimum Gasteiger partial charge on any atom is -0.493 e. The second kappa shape index (κ2) is 8.31. The molecule has 1 aromatic carbocycles. The number of halogens is 1. The van der Waals surface area contributed by atoms with Crippen LogP contribution in [-0.2, 0) is 4.74 Å². The number of hydrogen-bond donors (Lipinski definition) is 1. The molecule has 0 fully saturated rings. The molecule has 0 aliphatic carbocycles. The molecule has 0 aliphatic rings. The van der Waals surface area contributed by atoms with Crippen LogP contribution in [0.3, 0.4) is 0 Å². The topological polar surface area (TPSA) is 56.8 Å². The fraction of sp³-hybridized carbons (Fsp3) is 0.500. The van der Waals surface area contributed by atoms with Gasteiger partial charge < -0.3 is 19.5 Å². The third-order valence-corrected chi connectivity index (χ3v) is 3.81. The van der Waals surface area contributed by atoms with Gasteiger partial charge >= 0.3 is 0 Å². The molecule has 112 valence electrons. The molecule has 0 heterocycles. The van der Waals surface area contributed by atoms with Gasteiger partial charge in [-0.05, 0) is 41.1 Å². The molecule has 1 aromatic rings. The van der Waals surface area contributed by atoms with Crippen molar-refractivity contribution in [2.75, 3.05) is 27.9 Å². The van der Waals surface area contributed by atoms with Crippen LogP contribution in [0.15, 0.2) is 12.1 Å². The number of carbonyl (C=O) groups is 1. The van der Waals surface area contributed by atoms with Crippen molar-refractivity contribution in [3.8, 4) is 11.5 Å².